The molecule has 0 spiro atoms. The van der Waals surface area contributed by atoms with E-state index in [1.165, 1.54) is 23.9 Å². The Balaban J connectivity index is 1.82. The number of carbonyl (C=O) groups excluding carboxylic acids is 3. The Hall–Kier alpha value is -1.47. The van der Waals surface area contributed by atoms with E-state index in [1.807, 2.05) is 34.0 Å². The van der Waals surface area contributed by atoms with Crippen LogP contribution in [0.25, 0.3) is 0 Å². The number of fused-ring (bicyclic) bond motifs is 5. The van der Waals surface area contributed by atoms with Gasteiger partial charge in [0.25, 0.3) is 0 Å². The van der Waals surface area contributed by atoms with E-state index in [1.54, 1.807) is 13.0 Å². The topological polar surface area (TPSA) is 80.7 Å². The lowest BCUT2D eigenvalue weighted by Crippen LogP contribution is -2.70. The SMILES string of the molecule is CSCC(=O)[C@@]1(OC(=O)CC(C)C)[C@@H](C)C[C@H]2[C@@H]3CCC4=CC(=O)C=C[C@]4(C)[C@@]3(F)[C@@H](O)C[C@@]21C. The van der Waals surface area contributed by atoms with Gasteiger partial charge < -0.3 is 9.84 Å². The highest BCUT2D eigenvalue weighted by molar-refractivity contribution is 7.99. The average Bonchev–Trinajstić information content (AvgIpc) is 2.97. The predicted molar refractivity (Wildman–Crippen MR) is 135 cm³/mol. The van der Waals surface area contributed by atoms with E-state index in [9.17, 15) is 19.5 Å². The molecule has 35 heavy (non-hydrogen) atoms. The number of ether oxygens (including phenoxy) is 1. The highest BCUT2D eigenvalue weighted by Crippen LogP contribution is 2.71. The molecule has 4 aliphatic carbocycles. The van der Waals surface area contributed by atoms with Crippen molar-refractivity contribution in [1.29, 1.82) is 0 Å². The van der Waals surface area contributed by atoms with Crippen molar-refractivity contribution in [2.45, 2.75) is 84.1 Å². The smallest absolute Gasteiger partial charge is 0.307 e. The third-order valence-corrected chi connectivity index (χ3v) is 10.3. The second-order valence-electron chi connectivity index (χ2n) is 12.1. The maximum Gasteiger partial charge on any atom is 0.307 e. The number of hydrogen-bond donors (Lipinski definition) is 1. The number of allylic oxidation sites excluding steroid dienone is 4. The summed E-state index contributed by atoms with van der Waals surface area (Å²) in [5.41, 5.74) is -4.62. The molecule has 4 aliphatic rings. The lowest BCUT2D eigenvalue weighted by molar-refractivity contribution is -0.227. The number of thioether (sulfide) groups is 1. The van der Waals surface area contributed by atoms with E-state index in [2.05, 4.69) is 0 Å². The summed E-state index contributed by atoms with van der Waals surface area (Å²) in [6, 6.07) is 0. The number of halogens is 1. The monoisotopic (exact) mass is 506 g/mol. The number of rotatable bonds is 6. The largest absolute Gasteiger partial charge is 0.450 e. The average molecular weight is 507 g/mol. The zero-order valence-corrected chi connectivity index (χ0v) is 22.5. The Morgan fingerprint density at radius 2 is 1.97 bits per heavy atom. The molecule has 194 valence electrons. The van der Waals surface area contributed by atoms with E-state index in [0.717, 1.165) is 5.57 Å². The van der Waals surface area contributed by atoms with Crippen molar-refractivity contribution in [3.63, 3.8) is 0 Å². The molecule has 3 saturated carbocycles. The number of Topliss-reactive ketones (excluding diaryl/α,β-unsaturated/α-hetero) is 1. The fourth-order valence-electron chi connectivity index (χ4n) is 8.19. The molecule has 5 nitrogen and oxygen atoms in total. The lowest BCUT2D eigenvalue weighted by Gasteiger charge is -2.62. The number of aliphatic hydroxyl groups excluding tert-OH is 1. The van der Waals surface area contributed by atoms with Gasteiger partial charge in [0.2, 0.25) is 0 Å². The van der Waals surface area contributed by atoms with Crippen molar-refractivity contribution < 1.29 is 28.6 Å². The van der Waals surface area contributed by atoms with Crippen molar-refractivity contribution in [3.8, 4) is 0 Å². The molecule has 0 saturated heterocycles. The second-order valence-corrected chi connectivity index (χ2v) is 12.9. The molecule has 0 amide bonds. The fourth-order valence-corrected chi connectivity index (χ4v) is 8.67. The van der Waals surface area contributed by atoms with Gasteiger partial charge >= 0.3 is 5.97 Å². The summed E-state index contributed by atoms with van der Waals surface area (Å²) in [6.45, 7) is 9.51. The zero-order chi connectivity index (χ0) is 26.0. The Kier molecular flexibility index (Phi) is 6.71. The number of carbonyl (C=O) groups is 3. The van der Waals surface area contributed by atoms with Gasteiger partial charge in [0.1, 0.15) is 0 Å². The molecule has 8 atom stereocenters. The van der Waals surface area contributed by atoms with Crippen LogP contribution in [0.3, 0.4) is 0 Å². The molecule has 0 aliphatic heterocycles. The normalized spacial score (nSPS) is 44.4. The maximum absolute atomic E-state index is 17.4. The van der Waals surface area contributed by atoms with E-state index in [0.29, 0.717) is 19.3 Å². The van der Waals surface area contributed by atoms with Crippen LogP contribution in [0.15, 0.2) is 23.8 Å². The van der Waals surface area contributed by atoms with Gasteiger partial charge in [-0.15, -0.1) is 0 Å². The summed E-state index contributed by atoms with van der Waals surface area (Å²) in [4.78, 5) is 38.9. The third kappa shape index (κ3) is 3.54. The fraction of sp³-hybridized carbons (Fsp3) is 0.750. The van der Waals surface area contributed by atoms with Crippen molar-refractivity contribution in [1.82, 2.24) is 0 Å². The van der Waals surface area contributed by atoms with Crippen LogP contribution in [-0.4, -0.2) is 52.0 Å². The molecule has 1 N–H and O–H groups in total. The number of aliphatic hydroxyl groups is 1. The van der Waals surface area contributed by atoms with Crippen molar-refractivity contribution in [2.24, 2.45) is 34.5 Å². The first-order valence-electron chi connectivity index (χ1n) is 12.8. The van der Waals surface area contributed by atoms with Crippen LogP contribution in [0.5, 0.6) is 0 Å². The Morgan fingerprint density at radius 3 is 2.60 bits per heavy atom. The van der Waals surface area contributed by atoms with Gasteiger partial charge in [0.15, 0.2) is 22.8 Å². The van der Waals surface area contributed by atoms with E-state index in [4.69, 9.17) is 4.74 Å². The molecule has 0 aromatic rings. The second kappa shape index (κ2) is 8.83. The van der Waals surface area contributed by atoms with Gasteiger partial charge in [-0.05, 0) is 62.9 Å². The molecular formula is C28H39FO5S. The zero-order valence-electron chi connectivity index (χ0n) is 21.7. The molecule has 4 rings (SSSR count). The summed E-state index contributed by atoms with van der Waals surface area (Å²) in [6.07, 6.45) is 6.86. The Morgan fingerprint density at radius 1 is 1.29 bits per heavy atom. The molecule has 0 unspecified atom stereocenters. The van der Waals surface area contributed by atoms with Gasteiger partial charge in [-0.1, -0.05) is 39.3 Å². The molecular weight excluding hydrogens is 467 g/mol. The number of hydrogen-bond acceptors (Lipinski definition) is 6. The van der Waals surface area contributed by atoms with E-state index < -0.39 is 40.1 Å². The molecule has 0 bridgehead atoms. The van der Waals surface area contributed by atoms with Gasteiger partial charge in [0.05, 0.1) is 11.9 Å². The Bertz CT molecular complexity index is 990. The minimum atomic E-state index is -1.97. The molecule has 7 heteroatoms. The summed E-state index contributed by atoms with van der Waals surface area (Å²) < 4.78 is 23.6. The lowest BCUT2D eigenvalue weighted by atomic mass is 9.44. The first-order chi connectivity index (χ1) is 16.3. The third-order valence-electron chi connectivity index (χ3n) is 9.72. The van der Waals surface area contributed by atoms with Crippen molar-refractivity contribution >= 4 is 29.3 Å². The van der Waals surface area contributed by atoms with Crippen LogP contribution in [0.4, 0.5) is 4.39 Å². The highest BCUT2D eigenvalue weighted by atomic mass is 32.2. The molecule has 0 aromatic carbocycles. The quantitative estimate of drug-likeness (QED) is 0.518. The Labute approximate surface area is 212 Å². The number of alkyl halides is 1. The summed E-state index contributed by atoms with van der Waals surface area (Å²) in [5.74, 6) is -1.50. The molecule has 0 aromatic heterocycles. The molecule has 3 fully saturated rings. The van der Waals surface area contributed by atoms with Gasteiger partial charge in [-0.2, -0.15) is 11.8 Å². The van der Waals surface area contributed by atoms with Gasteiger partial charge in [-0.3, -0.25) is 14.4 Å². The van der Waals surface area contributed by atoms with E-state index in [-0.39, 0.29) is 47.9 Å². The van der Waals surface area contributed by atoms with Crippen molar-refractivity contribution in [2.75, 3.05) is 12.0 Å². The number of ketones is 2. The molecule has 0 radical (unpaired) electrons. The van der Waals surface area contributed by atoms with Crippen LogP contribution in [-0.2, 0) is 19.1 Å². The molecule has 0 heterocycles. The number of esters is 1. The van der Waals surface area contributed by atoms with Crippen LogP contribution < -0.4 is 0 Å². The van der Waals surface area contributed by atoms with E-state index >= 15 is 4.39 Å². The van der Waals surface area contributed by atoms with Crippen LogP contribution in [0.2, 0.25) is 0 Å². The predicted octanol–water partition coefficient (Wildman–Crippen LogP) is 4.86. The van der Waals surface area contributed by atoms with Crippen LogP contribution >= 0.6 is 11.8 Å². The minimum absolute atomic E-state index is 0.0226. The summed E-state index contributed by atoms with van der Waals surface area (Å²) in [7, 11) is 0. The first-order valence-corrected chi connectivity index (χ1v) is 14.2. The van der Waals surface area contributed by atoms with Crippen molar-refractivity contribution in [3.05, 3.63) is 23.8 Å². The van der Waals surface area contributed by atoms with Crippen LogP contribution in [0, 0.1) is 34.5 Å². The minimum Gasteiger partial charge on any atom is -0.450 e. The van der Waals surface area contributed by atoms with Crippen LogP contribution in [0.1, 0.15) is 66.7 Å². The van der Waals surface area contributed by atoms with Gasteiger partial charge in [-0.25, -0.2) is 4.39 Å². The van der Waals surface area contributed by atoms with Gasteiger partial charge in [0, 0.05) is 29.1 Å². The first kappa shape index (κ1) is 26.6. The maximum atomic E-state index is 17.4. The highest BCUT2D eigenvalue weighted by Gasteiger charge is 2.77. The summed E-state index contributed by atoms with van der Waals surface area (Å²) in [5, 5.41) is 11.6. The standard InChI is InChI=1S/C28H39FO5S/c1-16(2)11-24(33)34-28(23(32)15-35-6)17(3)12-21-20-8-7-18-13-19(30)9-10-25(18,4)27(20,29)22(31)14-26(21,28)5/h9-10,13,16-17,20-22,31H,7-8,11-12,14-15H2,1-6H3/t17-,20-,21-,22-,25-,26-,27-,28-/m0/s1. The summed E-state index contributed by atoms with van der Waals surface area (Å²) >= 11 is 1.39.